The maximum Gasteiger partial charge on any atom is 0.119 e. The van der Waals surface area contributed by atoms with Gasteiger partial charge in [0.1, 0.15) is 5.75 Å². The summed E-state index contributed by atoms with van der Waals surface area (Å²) in [5.41, 5.74) is 2.98. The molecule has 3 rings (SSSR count). The Morgan fingerprint density at radius 3 is 2.78 bits per heavy atom. The van der Waals surface area contributed by atoms with Crippen LogP contribution in [0.2, 0.25) is 0 Å². The monoisotopic (exact) mass is 245 g/mol. The summed E-state index contributed by atoms with van der Waals surface area (Å²) in [6.07, 6.45) is 6.48. The van der Waals surface area contributed by atoms with Crippen LogP contribution in [0.5, 0.6) is 5.75 Å². The van der Waals surface area contributed by atoms with Crippen molar-refractivity contribution in [1.29, 1.82) is 0 Å². The molecule has 2 nitrogen and oxygen atoms in total. The van der Waals surface area contributed by atoms with Crippen LogP contribution in [0.15, 0.2) is 18.2 Å². The lowest BCUT2D eigenvalue weighted by Gasteiger charge is -2.28. The van der Waals surface area contributed by atoms with E-state index in [1.165, 1.54) is 36.8 Å². The lowest BCUT2D eigenvalue weighted by Crippen LogP contribution is -2.41. The quantitative estimate of drug-likeness (QED) is 0.880. The highest BCUT2D eigenvalue weighted by atomic mass is 16.5. The summed E-state index contributed by atoms with van der Waals surface area (Å²) < 4.78 is 5.32. The van der Waals surface area contributed by atoms with Crippen LogP contribution in [-0.4, -0.2) is 19.2 Å². The maximum atomic E-state index is 5.32. The number of benzene rings is 1. The first-order chi connectivity index (χ1) is 8.76. The second kappa shape index (κ2) is 4.93. The second-order valence-corrected chi connectivity index (χ2v) is 5.87. The summed E-state index contributed by atoms with van der Waals surface area (Å²) in [6, 6.07) is 7.88. The van der Waals surface area contributed by atoms with Crippen LogP contribution >= 0.6 is 0 Å². The van der Waals surface area contributed by atoms with Crippen molar-refractivity contribution in [3.8, 4) is 5.75 Å². The van der Waals surface area contributed by atoms with E-state index in [1.807, 2.05) is 0 Å². The molecule has 2 atom stereocenters. The molecule has 1 saturated carbocycles. The highest BCUT2D eigenvalue weighted by Crippen LogP contribution is 2.33. The van der Waals surface area contributed by atoms with E-state index in [0.717, 1.165) is 18.1 Å². The van der Waals surface area contributed by atoms with Crippen LogP contribution < -0.4 is 10.1 Å². The number of ether oxygens (including phenoxy) is 1. The van der Waals surface area contributed by atoms with E-state index >= 15 is 0 Å². The zero-order chi connectivity index (χ0) is 12.5. The Morgan fingerprint density at radius 2 is 2.06 bits per heavy atom. The normalized spacial score (nSPS) is 24.4. The molecular formula is C16H23NO. The Morgan fingerprint density at radius 1 is 1.22 bits per heavy atom. The Labute approximate surface area is 110 Å². The van der Waals surface area contributed by atoms with Crippen molar-refractivity contribution in [2.75, 3.05) is 7.11 Å². The third-order valence-corrected chi connectivity index (χ3v) is 4.47. The number of nitrogens with one attached hydrogen (secondary N) is 1. The largest absolute Gasteiger partial charge is 0.497 e. The number of aryl methyl sites for hydroxylation is 1. The molecule has 1 fully saturated rings. The zero-order valence-corrected chi connectivity index (χ0v) is 11.4. The smallest absolute Gasteiger partial charge is 0.119 e. The molecule has 1 aromatic rings. The van der Waals surface area contributed by atoms with Gasteiger partial charge in [-0.15, -0.1) is 0 Å². The standard InChI is InChI=1S/C16H23NO/c1-11(12-3-4-12)17-15-7-5-13-6-8-16(18-2)10-14(13)9-15/h6,8,10-12,15,17H,3-5,7,9H2,1-2H3. The molecule has 2 unspecified atom stereocenters. The van der Waals surface area contributed by atoms with Crippen molar-refractivity contribution in [2.45, 2.75) is 51.1 Å². The van der Waals surface area contributed by atoms with Crippen LogP contribution in [0.4, 0.5) is 0 Å². The van der Waals surface area contributed by atoms with Gasteiger partial charge in [-0.05, 0) is 68.2 Å². The molecule has 2 heteroatoms. The van der Waals surface area contributed by atoms with Gasteiger partial charge in [-0.2, -0.15) is 0 Å². The van der Waals surface area contributed by atoms with Crippen molar-refractivity contribution in [3.05, 3.63) is 29.3 Å². The fourth-order valence-corrected chi connectivity index (χ4v) is 3.11. The van der Waals surface area contributed by atoms with Gasteiger partial charge in [0.15, 0.2) is 0 Å². The minimum absolute atomic E-state index is 0.653. The van der Waals surface area contributed by atoms with Gasteiger partial charge in [0, 0.05) is 12.1 Å². The Bertz CT molecular complexity index is 425. The Kier molecular flexibility index (Phi) is 3.29. The predicted molar refractivity (Wildman–Crippen MR) is 74.1 cm³/mol. The van der Waals surface area contributed by atoms with E-state index < -0.39 is 0 Å². The summed E-state index contributed by atoms with van der Waals surface area (Å²) >= 11 is 0. The molecular weight excluding hydrogens is 222 g/mol. The second-order valence-electron chi connectivity index (χ2n) is 5.87. The van der Waals surface area contributed by atoms with E-state index in [0.29, 0.717) is 12.1 Å². The predicted octanol–water partition coefficient (Wildman–Crippen LogP) is 2.94. The molecule has 0 radical (unpaired) electrons. The van der Waals surface area contributed by atoms with Gasteiger partial charge in [0.2, 0.25) is 0 Å². The molecule has 1 N–H and O–H groups in total. The van der Waals surface area contributed by atoms with Gasteiger partial charge < -0.3 is 10.1 Å². The number of methoxy groups -OCH3 is 1. The minimum Gasteiger partial charge on any atom is -0.497 e. The minimum atomic E-state index is 0.653. The molecule has 98 valence electrons. The van der Waals surface area contributed by atoms with Gasteiger partial charge in [-0.1, -0.05) is 6.07 Å². The van der Waals surface area contributed by atoms with Crippen molar-refractivity contribution in [2.24, 2.45) is 5.92 Å². The van der Waals surface area contributed by atoms with Crippen LogP contribution in [0.3, 0.4) is 0 Å². The van der Waals surface area contributed by atoms with Gasteiger partial charge in [0.05, 0.1) is 7.11 Å². The lowest BCUT2D eigenvalue weighted by molar-refractivity contribution is 0.381. The molecule has 0 spiro atoms. The maximum absolute atomic E-state index is 5.32. The summed E-state index contributed by atoms with van der Waals surface area (Å²) in [5.74, 6) is 1.93. The molecule has 1 aromatic carbocycles. The number of rotatable bonds is 4. The molecule has 0 bridgehead atoms. The van der Waals surface area contributed by atoms with Gasteiger partial charge in [-0.3, -0.25) is 0 Å². The van der Waals surface area contributed by atoms with E-state index in [2.05, 4.69) is 30.4 Å². The molecule has 2 aliphatic rings. The lowest BCUT2D eigenvalue weighted by atomic mass is 9.87. The van der Waals surface area contributed by atoms with Gasteiger partial charge in [0.25, 0.3) is 0 Å². The average molecular weight is 245 g/mol. The zero-order valence-electron chi connectivity index (χ0n) is 11.4. The van der Waals surface area contributed by atoms with Crippen molar-refractivity contribution < 1.29 is 4.74 Å². The molecule has 0 heterocycles. The Balaban J connectivity index is 1.67. The van der Waals surface area contributed by atoms with Crippen molar-refractivity contribution >= 4 is 0 Å². The number of hydrogen-bond donors (Lipinski definition) is 1. The van der Waals surface area contributed by atoms with Gasteiger partial charge >= 0.3 is 0 Å². The van der Waals surface area contributed by atoms with E-state index in [4.69, 9.17) is 4.74 Å². The van der Waals surface area contributed by atoms with Crippen LogP contribution in [0.25, 0.3) is 0 Å². The van der Waals surface area contributed by atoms with Crippen molar-refractivity contribution in [3.63, 3.8) is 0 Å². The molecule has 0 aromatic heterocycles. The third kappa shape index (κ3) is 2.54. The molecule has 0 amide bonds. The highest BCUT2D eigenvalue weighted by molar-refractivity contribution is 5.37. The van der Waals surface area contributed by atoms with Crippen LogP contribution in [-0.2, 0) is 12.8 Å². The topological polar surface area (TPSA) is 21.3 Å². The van der Waals surface area contributed by atoms with E-state index in [9.17, 15) is 0 Å². The number of fused-ring (bicyclic) bond motifs is 1. The van der Waals surface area contributed by atoms with E-state index in [-0.39, 0.29) is 0 Å². The summed E-state index contributed by atoms with van der Waals surface area (Å²) in [6.45, 7) is 2.35. The van der Waals surface area contributed by atoms with Crippen LogP contribution in [0.1, 0.15) is 37.3 Å². The first-order valence-corrected chi connectivity index (χ1v) is 7.18. The summed E-state index contributed by atoms with van der Waals surface area (Å²) in [4.78, 5) is 0. The first kappa shape index (κ1) is 12.0. The number of hydrogen-bond acceptors (Lipinski definition) is 2. The fourth-order valence-electron chi connectivity index (χ4n) is 3.11. The summed E-state index contributed by atoms with van der Waals surface area (Å²) in [5, 5.41) is 3.82. The van der Waals surface area contributed by atoms with Crippen molar-refractivity contribution in [1.82, 2.24) is 5.32 Å². The SMILES string of the molecule is COc1ccc2c(c1)CC(NC(C)C1CC1)CC2. The van der Waals surface area contributed by atoms with Gasteiger partial charge in [-0.25, -0.2) is 0 Å². The highest BCUT2D eigenvalue weighted by Gasteiger charge is 2.30. The van der Waals surface area contributed by atoms with Crippen LogP contribution in [0, 0.1) is 5.92 Å². The average Bonchev–Trinajstić information content (AvgIpc) is 3.22. The van der Waals surface area contributed by atoms with E-state index in [1.54, 1.807) is 7.11 Å². The molecule has 0 saturated heterocycles. The summed E-state index contributed by atoms with van der Waals surface area (Å²) in [7, 11) is 1.75. The third-order valence-electron chi connectivity index (χ3n) is 4.47. The molecule has 2 aliphatic carbocycles. The molecule has 0 aliphatic heterocycles. The first-order valence-electron chi connectivity index (χ1n) is 7.18. The Hall–Kier alpha value is -1.02. The molecule has 18 heavy (non-hydrogen) atoms. The fraction of sp³-hybridized carbons (Fsp3) is 0.625.